The van der Waals surface area contributed by atoms with Crippen LogP contribution in [-0.2, 0) is 20.9 Å². The highest BCUT2D eigenvalue weighted by Gasteiger charge is 2.39. The molecule has 5 rings (SSSR count). The molecule has 1 fully saturated rings. The Kier molecular flexibility index (Phi) is 9.58. The van der Waals surface area contributed by atoms with Crippen LogP contribution in [0, 0.1) is 5.92 Å². The van der Waals surface area contributed by atoms with Crippen LogP contribution in [0.15, 0.2) is 78.0 Å². The Balaban J connectivity index is 1.37. The molecule has 14 heteroatoms. The number of aromatic nitrogens is 4. The largest absolute Gasteiger partial charge is 0.508 e. The summed E-state index contributed by atoms with van der Waals surface area (Å²) in [6, 6.07) is 21.1. The van der Waals surface area contributed by atoms with Crippen molar-refractivity contribution in [2.24, 2.45) is 5.92 Å². The molecule has 220 valence electrons. The van der Waals surface area contributed by atoms with Crippen LogP contribution in [0.1, 0.15) is 36.0 Å². The van der Waals surface area contributed by atoms with E-state index in [0.717, 1.165) is 16.7 Å². The van der Waals surface area contributed by atoms with E-state index in [1.165, 1.54) is 11.8 Å². The summed E-state index contributed by atoms with van der Waals surface area (Å²) in [4.78, 5) is 12.0. The van der Waals surface area contributed by atoms with Crippen molar-refractivity contribution in [2.45, 2.75) is 41.0 Å². The fourth-order valence-corrected chi connectivity index (χ4v) is 5.61. The molecule has 0 aliphatic carbocycles. The number of phenols is 1. The van der Waals surface area contributed by atoms with E-state index in [-0.39, 0.29) is 30.5 Å². The zero-order valence-electron chi connectivity index (χ0n) is 22.1. The number of carbonyl (C=O) groups excluding carboxylic acids is 1. The lowest BCUT2D eigenvalue weighted by molar-refractivity contribution is -0.268. The minimum absolute atomic E-state index is 0.0523. The maximum absolute atomic E-state index is 12.0. The van der Waals surface area contributed by atoms with Crippen molar-refractivity contribution in [3.63, 3.8) is 0 Å². The van der Waals surface area contributed by atoms with E-state index in [2.05, 4.69) is 27.8 Å². The fourth-order valence-electron chi connectivity index (χ4n) is 4.42. The third-order valence-electron chi connectivity index (χ3n) is 6.73. The normalized spacial score (nSPS) is 20.8. The van der Waals surface area contributed by atoms with Crippen molar-refractivity contribution in [2.75, 3.05) is 11.1 Å². The van der Waals surface area contributed by atoms with Crippen molar-refractivity contribution in [1.29, 1.82) is 0 Å². The molecule has 1 aromatic heterocycles. The average Bonchev–Trinajstić information content (AvgIpc) is 3.46. The van der Waals surface area contributed by atoms with Crippen LogP contribution >= 0.6 is 46.6 Å². The van der Waals surface area contributed by atoms with Crippen LogP contribution in [0.3, 0.4) is 0 Å². The standard InChI is InChI=1S/C28H26Cl3N5O5S/c1-16-23(15-42-27-33-34-35-36(27)21-10-12-22(38)13-11-21)40-25(41-24(16)18-4-2-17(14-37)3-5-18)19-6-8-20(9-7-19)32-26(39)28(29,30)31/h2-13,16,23-25,37-38H,14-15H2,1H3,(H,32,39)/t16-,23+,24+,25+/m0/s1. The number of aromatic hydroxyl groups is 1. The molecule has 0 unspecified atom stereocenters. The summed E-state index contributed by atoms with van der Waals surface area (Å²) in [6.45, 7) is 2.01. The van der Waals surface area contributed by atoms with E-state index >= 15 is 0 Å². The molecular weight excluding hydrogens is 625 g/mol. The second-order valence-electron chi connectivity index (χ2n) is 9.60. The Labute approximate surface area is 260 Å². The number of tetrazole rings is 1. The molecule has 1 aliphatic rings. The zero-order valence-corrected chi connectivity index (χ0v) is 25.2. The number of anilines is 1. The van der Waals surface area contributed by atoms with Crippen molar-refractivity contribution < 1.29 is 24.5 Å². The van der Waals surface area contributed by atoms with Gasteiger partial charge in [0, 0.05) is 22.9 Å². The number of halogens is 3. The van der Waals surface area contributed by atoms with Crippen LogP contribution in [0.25, 0.3) is 5.69 Å². The van der Waals surface area contributed by atoms with Gasteiger partial charge in [0.05, 0.1) is 24.5 Å². The minimum Gasteiger partial charge on any atom is -0.508 e. The smallest absolute Gasteiger partial charge is 0.276 e. The number of nitrogens with zero attached hydrogens (tertiary/aromatic N) is 4. The lowest BCUT2D eigenvalue weighted by Crippen LogP contribution is -2.38. The van der Waals surface area contributed by atoms with Crippen molar-refractivity contribution in [3.05, 3.63) is 89.5 Å². The molecule has 0 spiro atoms. The zero-order chi connectivity index (χ0) is 29.9. The first-order valence-electron chi connectivity index (χ1n) is 12.8. The first-order valence-corrected chi connectivity index (χ1v) is 14.9. The Hall–Kier alpha value is -2.90. The number of amides is 1. The third-order valence-corrected chi connectivity index (χ3v) is 8.26. The number of carbonyl (C=O) groups is 1. The molecule has 1 amide bonds. The highest BCUT2D eigenvalue weighted by Crippen LogP contribution is 2.43. The molecular formula is C28H26Cl3N5O5S. The van der Waals surface area contributed by atoms with Crippen LogP contribution in [0.2, 0.25) is 0 Å². The molecule has 2 heterocycles. The maximum Gasteiger partial charge on any atom is 0.276 e. The molecule has 0 radical (unpaired) electrons. The molecule has 1 aliphatic heterocycles. The van der Waals surface area contributed by atoms with E-state index in [9.17, 15) is 15.0 Å². The van der Waals surface area contributed by atoms with Gasteiger partial charge in [0.2, 0.25) is 5.16 Å². The van der Waals surface area contributed by atoms with Gasteiger partial charge in [-0.15, -0.1) is 5.10 Å². The van der Waals surface area contributed by atoms with Crippen molar-refractivity contribution in [3.8, 4) is 11.4 Å². The third kappa shape index (κ3) is 7.17. The quantitative estimate of drug-likeness (QED) is 0.161. The Bertz CT molecular complexity index is 1500. The summed E-state index contributed by atoms with van der Waals surface area (Å²) in [5.41, 5.74) is 3.64. The molecule has 3 N–H and O–H groups in total. The van der Waals surface area contributed by atoms with Gasteiger partial charge in [0.1, 0.15) is 5.75 Å². The summed E-state index contributed by atoms with van der Waals surface area (Å²) in [6.07, 6.45) is -1.32. The molecule has 3 aromatic carbocycles. The van der Waals surface area contributed by atoms with Gasteiger partial charge >= 0.3 is 0 Å². The summed E-state index contributed by atoms with van der Waals surface area (Å²) < 4.78 is 12.5. The number of aliphatic hydroxyl groups excluding tert-OH is 1. The van der Waals surface area contributed by atoms with Crippen molar-refractivity contribution in [1.82, 2.24) is 20.2 Å². The number of thioether (sulfide) groups is 1. The van der Waals surface area contributed by atoms with Crippen molar-refractivity contribution >= 4 is 58.2 Å². The Morgan fingerprint density at radius 2 is 1.67 bits per heavy atom. The SMILES string of the molecule is C[C@H]1[C@@H](CSc2nnnn2-c2ccc(O)cc2)O[C@@H](c2ccc(NC(=O)C(Cl)(Cl)Cl)cc2)O[C@H]1c1ccc(CO)cc1. The first-order chi connectivity index (χ1) is 20.1. The summed E-state index contributed by atoms with van der Waals surface area (Å²) in [7, 11) is 0. The highest BCUT2D eigenvalue weighted by molar-refractivity contribution is 7.99. The van der Waals surface area contributed by atoms with Crippen LogP contribution in [0.4, 0.5) is 5.69 Å². The molecule has 1 saturated heterocycles. The monoisotopic (exact) mass is 649 g/mol. The van der Waals surface area contributed by atoms with E-state index in [4.69, 9.17) is 44.3 Å². The second kappa shape index (κ2) is 13.2. The first kappa shape index (κ1) is 30.6. The van der Waals surface area contributed by atoms with Crippen LogP contribution in [-0.4, -0.2) is 52.0 Å². The minimum atomic E-state index is -2.09. The maximum atomic E-state index is 12.0. The lowest BCUT2D eigenvalue weighted by Gasteiger charge is -2.41. The van der Waals surface area contributed by atoms with Gasteiger partial charge < -0.3 is 25.0 Å². The predicted octanol–water partition coefficient (Wildman–Crippen LogP) is 5.75. The number of ether oxygens (including phenoxy) is 2. The van der Waals surface area contributed by atoms with Crippen LogP contribution < -0.4 is 5.32 Å². The molecule has 4 atom stereocenters. The van der Waals surface area contributed by atoms with Gasteiger partial charge in [-0.05, 0) is 58.0 Å². The summed E-state index contributed by atoms with van der Waals surface area (Å²) >= 11 is 18.4. The number of nitrogens with one attached hydrogen (secondary N) is 1. The molecule has 4 aromatic rings. The number of benzene rings is 3. The molecule has 42 heavy (non-hydrogen) atoms. The highest BCUT2D eigenvalue weighted by atomic mass is 35.6. The number of aliphatic hydroxyl groups is 1. The lowest BCUT2D eigenvalue weighted by atomic mass is 9.91. The van der Waals surface area contributed by atoms with Gasteiger partial charge in [0.15, 0.2) is 6.29 Å². The van der Waals surface area contributed by atoms with Crippen LogP contribution in [0.5, 0.6) is 5.75 Å². The number of hydrogen-bond acceptors (Lipinski definition) is 9. The summed E-state index contributed by atoms with van der Waals surface area (Å²) in [5, 5.41) is 34.4. The average molecular weight is 651 g/mol. The van der Waals surface area contributed by atoms with Gasteiger partial charge in [0.25, 0.3) is 9.70 Å². The molecule has 0 saturated carbocycles. The Morgan fingerprint density at radius 3 is 2.31 bits per heavy atom. The van der Waals surface area contributed by atoms with Gasteiger partial charge in [-0.3, -0.25) is 4.79 Å². The van der Waals surface area contributed by atoms with E-state index in [1.54, 1.807) is 53.2 Å². The number of phenolic OH excluding ortho intramolecular Hbond substituents is 1. The number of alkyl halides is 3. The number of hydrogen-bond donors (Lipinski definition) is 3. The number of rotatable bonds is 8. The second-order valence-corrected chi connectivity index (χ2v) is 12.9. The van der Waals surface area contributed by atoms with E-state index in [1.807, 2.05) is 24.3 Å². The predicted molar refractivity (Wildman–Crippen MR) is 160 cm³/mol. The summed E-state index contributed by atoms with van der Waals surface area (Å²) in [5.74, 6) is -0.163. The van der Waals surface area contributed by atoms with Gasteiger partial charge in [-0.2, -0.15) is 4.68 Å². The Morgan fingerprint density at radius 1 is 1.00 bits per heavy atom. The van der Waals surface area contributed by atoms with E-state index < -0.39 is 16.0 Å². The van der Waals surface area contributed by atoms with E-state index in [0.29, 0.717) is 22.3 Å². The van der Waals surface area contributed by atoms with Gasteiger partial charge in [-0.1, -0.05) is 89.9 Å². The topological polar surface area (TPSA) is 132 Å². The fraction of sp³-hybridized carbons (Fsp3) is 0.286. The molecule has 10 nitrogen and oxygen atoms in total. The van der Waals surface area contributed by atoms with Gasteiger partial charge in [-0.25, -0.2) is 0 Å². The molecule has 0 bridgehead atoms.